The summed E-state index contributed by atoms with van der Waals surface area (Å²) in [7, 11) is 6.14. The summed E-state index contributed by atoms with van der Waals surface area (Å²) in [6, 6.07) is 6.18. The monoisotopic (exact) mass is 313 g/mol. The van der Waals surface area contributed by atoms with Gasteiger partial charge in [-0.15, -0.1) is 0 Å². The summed E-state index contributed by atoms with van der Waals surface area (Å²) in [6.45, 7) is 5.65. The van der Waals surface area contributed by atoms with Gasteiger partial charge in [-0.2, -0.15) is 0 Å². The van der Waals surface area contributed by atoms with Gasteiger partial charge >= 0.3 is 0 Å². The van der Waals surface area contributed by atoms with E-state index in [1.807, 2.05) is 18.3 Å². The van der Waals surface area contributed by atoms with Crippen molar-refractivity contribution in [1.29, 1.82) is 0 Å². The Labute approximate surface area is 139 Å². The highest BCUT2D eigenvalue weighted by molar-refractivity contribution is 5.96. The van der Waals surface area contributed by atoms with Gasteiger partial charge in [-0.25, -0.2) is 0 Å². The second-order valence-corrected chi connectivity index (χ2v) is 6.80. The van der Waals surface area contributed by atoms with Crippen LogP contribution in [0, 0.1) is 12.8 Å². The van der Waals surface area contributed by atoms with E-state index in [0.29, 0.717) is 0 Å². The van der Waals surface area contributed by atoms with Crippen LogP contribution in [0.3, 0.4) is 0 Å². The molecule has 0 N–H and O–H groups in total. The highest BCUT2D eigenvalue weighted by Gasteiger charge is 2.21. The van der Waals surface area contributed by atoms with Gasteiger partial charge in [0.1, 0.15) is 11.3 Å². The molecule has 0 spiro atoms. The third-order valence-electron chi connectivity index (χ3n) is 4.87. The number of hydrogen-bond acceptors (Lipinski definition) is 4. The van der Waals surface area contributed by atoms with Crippen LogP contribution >= 0.6 is 0 Å². The molecule has 0 amide bonds. The number of ether oxygens (including phenoxy) is 1. The van der Waals surface area contributed by atoms with Crippen molar-refractivity contribution in [3.05, 3.63) is 30.0 Å². The average molecular weight is 313 g/mol. The molecule has 3 rings (SSSR count). The van der Waals surface area contributed by atoms with Gasteiger partial charge in [0.2, 0.25) is 0 Å². The zero-order chi connectivity index (χ0) is 16.4. The van der Waals surface area contributed by atoms with Crippen LogP contribution in [0.25, 0.3) is 10.9 Å². The standard InChI is InChI=1S/C19H27N3O/c1-14-11-20-18-16(8-5-9-17(18)23-4)19(14)22(3)13-15-7-6-10-21(2)12-15/h5,8-9,11,15H,6-7,10,12-13H2,1-4H3. The largest absolute Gasteiger partial charge is 0.494 e. The number of para-hydroxylation sites is 1. The van der Waals surface area contributed by atoms with Gasteiger partial charge in [0.05, 0.1) is 12.8 Å². The molecule has 1 unspecified atom stereocenters. The van der Waals surface area contributed by atoms with E-state index in [-0.39, 0.29) is 0 Å². The molecule has 1 fully saturated rings. The molecule has 0 radical (unpaired) electrons. The first-order chi connectivity index (χ1) is 11.1. The van der Waals surface area contributed by atoms with Crippen LogP contribution in [0.1, 0.15) is 18.4 Å². The summed E-state index contributed by atoms with van der Waals surface area (Å²) in [5.41, 5.74) is 3.45. The van der Waals surface area contributed by atoms with E-state index in [1.165, 1.54) is 42.6 Å². The predicted molar refractivity (Wildman–Crippen MR) is 96.5 cm³/mol. The van der Waals surface area contributed by atoms with Crippen molar-refractivity contribution in [3.63, 3.8) is 0 Å². The molecule has 1 aromatic heterocycles. The highest BCUT2D eigenvalue weighted by atomic mass is 16.5. The van der Waals surface area contributed by atoms with Crippen molar-refractivity contribution >= 4 is 16.6 Å². The molecule has 0 saturated carbocycles. The number of aromatic nitrogens is 1. The van der Waals surface area contributed by atoms with Crippen molar-refractivity contribution in [2.45, 2.75) is 19.8 Å². The van der Waals surface area contributed by atoms with E-state index >= 15 is 0 Å². The third-order valence-corrected chi connectivity index (χ3v) is 4.87. The lowest BCUT2D eigenvalue weighted by molar-refractivity contribution is 0.213. The van der Waals surface area contributed by atoms with E-state index in [1.54, 1.807) is 7.11 Å². The minimum absolute atomic E-state index is 0.729. The number of nitrogens with zero attached hydrogens (tertiary/aromatic N) is 3. The first kappa shape index (κ1) is 16.1. The number of anilines is 1. The van der Waals surface area contributed by atoms with Crippen LogP contribution in [0.2, 0.25) is 0 Å². The van der Waals surface area contributed by atoms with Gasteiger partial charge in [-0.05, 0) is 50.9 Å². The number of fused-ring (bicyclic) bond motifs is 1. The van der Waals surface area contributed by atoms with Gasteiger partial charge in [-0.1, -0.05) is 12.1 Å². The summed E-state index contributed by atoms with van der Waals surface area (Å²) >= 11 is 0. The first-order valence-electron chi connectivity index (χ1n) is 8.42. The molecule has 1 aliphatic heterocycles. The van der Waals surface area contributed by atoms with Crippen molar-refractivity contribution < 1.29 is 4.74 Å². The van der Waals surface area contributed by atoms with E-state index in [2.05, 4.69) is 41.9 Å². The van der Waals surface area contributed by atoms with Crippen LogP contribution in [0.4, 0.5) is 5.69 Å². The topological polar surface area (TPSA) is 28.6 Å². The number of pyridine rings is 1. The molecule has 4 nitrogen and oxygen atoms in total. The molecule has 2 heterocycles. The van der Waals surface area contributed by atoms with Crippen molar-refractivity contribution in [2.24, 2.45) is 5.92 Å². The second-order valence-electron chi connectivity index (χ2n) is 6.80. The minimum atomic E-state index is 0.729. The van der Waals surface area contributed by atoms with Crippen LogP contribution in [-0.4, -0.2) is 50.7 Å². The first-order valence-corrected chi connectivity index (χ1v) is 8.42. The quantitative estimate of drug-likeness (QED) is 0.865. The Morgan fingerprint density at radius 2 is 2.22 bits per heavy atom. The fourth-order valence-electron chi connectivity index (χ4n) is 3.85. The summed E-state index contributed by atoms with van der Waals surface area (Å²) < 4.78 is 5.48. The van der Waals surface area contributed by atoms with Gasteiger partial charge in [0.25, 0.3) is 0 Å². The minimum Gasteiger partial charge on any atom is -0.494 e. The number of piperidine rings is 1. The van der Waals surface area contributed by atoms with Gasteiger partial charge in [-0.3, -0.25) is 4.98 Å². The maximum absolute atomic E-state index is 5.48. The van der Waals surface area contributed by atoms with Crippen molar-refractivity contribution in [3.8, 4) is 5.75 Å². The average Bonchev–Trinajstić information content (AvgIpc) is 2.53. The molecule has 4 heteroatoms. The molecule has 1 aliphatic rings. The van der Waals surface area contributed by atoms with Gasteiger partial charge < -0.3 is 14.5 Å². The number of likely N-dealkylation sites (tertiary alicyclic amines) is 1. The SMILES string of the molecule is COc1cccc2c(N(C)CC3CCCN(C)C3)c(C)cnc12. The Morgan fingerprint density at radius 3 is 2.96 bits per heavy atom. The summed E-state index contributed by atoms with van der Waals surface area (Å²) in [5.74, 6) is 1.57. The predicted octanol–water partition coefficient (Wildman–Crippen LogP) is 3.33. The number of aryl methyl sites for hydroxylation is 1. The molecular weight excluding hydrogens is 286 g/mol. The maximum Gasteiger partial charge on any atom is 0.145 e. The van der Waals surface area contributed by atoms with Crippen LogP contribution in [0.15, 0.2) is 24.4 Å². The van der Waals surface area contributed by atoms with E-state index < -0.39 is 0 Å². The molecule has 0 aliphatic carbocycles. The molecule has 0 bridgehead atoms. The fourth-order valence-corrected chi connectivity index (χ4v) is 3.85. The fraction of sp³-hybridized carbons (Fsp3) is 0.526. The Bertz CT molecular complexity index is 686. The number of methoxy groups -OCH3 is 1. The molecule has 2 aromatic rings. The lowest BCUT2D eigenvalue weighted by atomic mass is 9.97. The van der Waals surface area contributed by atoms with E-state index in [4.69, 9.17) is 4.74 Å². The van der Waals surface area contributed by atoms with E-state index in [0.717, 1.165) is 23.7 Å². The smallest absolute Gasteiger partial charge is 0.145 e. The zero-order valence-corrected chi connectivity index (χ0v) is 14.7. The lowest BCUT2D eigenvalue weighted by Gasteiger charge is -2.34. The summed E-state index contributed by atoms with van der Waals surface area (Å²) in [6.07, 6.45) is 4.59. The van der Waals surface area contributed by atoms with Crippen LogP contribution in [0.5, 0.6) is 5.75 Å². The van der Waals surface area contributed by atoms with Gasteiger partial charge in [0.15, 0.2) is 0 Å². The summed E-state index contributed by atoms with van der Waals surface area (Å²) in [5, 5.41) is 1.18. The molecule has 1 atom stereocenters. The van der Waals surface area contributed by atoms with Crippen LogP contribution < -0.4 is 9.64 Å². The molecule has 124 valence electrons. The Kier molecular flexibility index (Phi) is 4.71. The Morgan fingerprint density at radius 1 is 1.39 bits per heavy atom. The summed E-state index contributed by atoms with van der Waals surface area (Å²) in [4.78, 5) is 9.45. The Hall–Kier alpha value is -1.81. The number of benzene rings is 1. The number of hydrogen-bond donors (Lipinski definition) is 0. The Balaban J connectivity index is 1.93. The van der Waals surface area contributed by atoms with Crippen molar-refractivity contribution in [1.82, 2.24) is 9.88 Å². The second kappa shape index (κ2) is 6.75. The van der Waals surface area contributed by atoms with Crippen molar-refractivity contribution in [2.75, 3.05) is 45.7 Å². The van der Waals surface area contributed by atoms with Crippen LogP contribution in [-0.2, 0) is 0 Å². The number of rotatable bonds is 4. The maximum atomic E-state index is 5.48. The third kappa shape index (κ3) is 3.27. The van der Waals surface area contributed by atoms with Gasteiger partial charge in [0, 0.05) is 31.7 Å². The molecule has 23 heavy (non-hydrogen) atoms. The van der Waals surface area contributed by atoms with E-state index in [9.17, 15) is 0 Å². The molecule has 1 saturated heterocycles. The normalized spacial score (nSPS) is 19.0. The molecular formula is C19H27N3O. The highest BCUT2D eigenvalue weighted by Crippen LogP contribution is 2.33. The molecule has 1 aromatic carbocycles. The lowest BCUT2D eigenvalue weighted by Crippen LogP contribution is -2.38. The zero-order valence-electron chi connectivity index (χ0n) is 14.7.